The van der Waals surface area contributed by atoms with Crippen molar-refractivity contribution in [3.05, 3.63) is 64.0 Å². The lowest BCUT2D eigenvalue weighted by Gasteiger charge is -2.10. The Bertz CT molecular complexity index is 732. The number of hydrogen-bond donors (Lipinski definition) is 0. The van der Waals surface area contributed by atoms with E-state index in [1.54, 1.807) is 24.3 Å². The SMILES string of the molecule is CC(=O)c1ccccc1OCCOc1cc(F)ccc1[N+](=O)[O-]. The van der Waals surface area contributed by atoms with E-state index in [1.807, 2.05) is 0 Å². The molecule has 0 saturated heterocycles. The summed E-state index contributed by atoms with van der Waals surface area (Å²) in [4.78, 5) is 21.6. The van der Waals surface area contributed by atoms with Crippen molar-refractivity contribution in [2.45, 2.75) is 6.92 Å². The molecule has 0 aromatic heterocycles. The van der Waals surface area contributed by atoms with Gasteiger partial charge in [-0.2, -0.15) is 0 Å². The van der Waals surface area contributed by atoms with E-state index in [1.165, 1.54) is 6.92 Å². The van der Waals surface area contributed by atoms with Gasteiger partial charge in [-0.25, -0.2) is 4.39 Å². The molecule has 0 aliphatic rings. The second-order valence-electron chi connectivity index (χ2n) is 4.62. The minimum absolute atomic E-state index is 0.0312. The zero-order chi connectivity index (χ0) is 16.8. The van der Waals surface area contributed by atoms with Crippen molar-refractivity contribution in [2.75, 3.05) is 13.2 Å². The molecule has 2 aromatic carbocycles. The minimum Gasteiger partial charge on any atom is -0.489 e. The summed E-state index contributed by atoms with van der Waals surface area (Å²) in [5, 5.41) is 10.8. The number of para-hydroxylation sites is 1. The quantitative estimate of drug-likeness (QED) is 0.338. The number of nitro groups is 1. The van der Waals surface area contributed by atoms with Crippen LogP contribution in [-0.2, 0) is 0 Å². The van der Waals surface area contributed by atoms with Crippen LogP contribution in [0.15, 0.2) is 42.5 Å². The molecular formula is C16H14FNO5. The van der Waals surface area contributed by atoms with Gasteiger partial charge in [-0.05, 0) is 25.1 Å². The molecule has 0 aliphatic heterocycles. The van der Waals surface area contributed by atoms with E-state index in [0.717, 1.165) is 18.2 Å². The molecular weight excluding hydrogens is 305 g/mol. The van der Waals surface area contributed by atoms with Crippen molar-refractivity contribution >= 4 is 11.5 Å². The Labute approximate surface area is 131 Å². The first-order valence-electron chi connectivity index (χ1n) is 6.78. The van der Waals surface area contributed by atoms with E-state index in [2.05, 4.69) is 0 Å². The highest BCUT2D eigenvalue weighted by Gasteiger charge is 2.16. The molecule has 0 heterocycles. The van der Waals surface area contributed by atoms with Crippen LogP contribution in [0.25, 0.3) is 0 Å². The number of carbonyl (C=O) groups excluding carboxylic acids is 1. The fourth-order valence-electron chi connectivity index (χ4n) is 1.94. The molecule has 0 bridgehead atoms. The Hall–Kier alpha value is -2.96. The largest absolute Gasteiger partial charge is 0.489 e. The average molecular weight is 319 g/mol. The maximum Gasteiger partial charge on any atom is 0.311 e. The number of nitro benzene ring substituents is 1. The van der Waals surface area contributed by atoms with Crippen LogP contribution in [0.3, 0.4) is 0 Å². The van der Waals surface area contributed by atoms with Gasteiger partial charge < -0.3 is 9.47 Å². The molecule has 0 unspecified atom stereocenters. The average Bonchev–Trinajstić information content (AvgIpc) is 2.51. The molecule has 0 aliphatic carbocycles. The van der Waals surface area contributed by atoms with E-state index in [0.29, 0.717) is 11.3 Å². The zero-order valence-corrected chi connectivity index (χ0v) is 12.3. The number of carbonyl (C=O) groups is 1. The summed E-state index contributed by atoms with van der Waals surface area (Å²) in [6.45, 7) is 1.45. The van der Waals surface area contributed by atoms with Crippen molar-refractivity contribution in [1.29, 1.82) is 0 Å². The van der Waals surface area contributed by atoms with Crippen LogP contribution in [0, 0.1) is 15.9 Å². The first-order chi connectivity index (χ1) is 11.0. The molecule has 0 radical (unpaired) electrons. The van der Waals surface area contributed by atoms with Gasteiger partial charge >= 0.3 is 5.69 Å². The van der Waals surface area contributed by atoms with Crippen LogP contribution in [0.1, 0.15) is 17.3 Å². The van der Waals surface area contributed by atoms with Crippen molar-refractivity contribution in [3.8, 4) is 11.5 Å². The molecule has 0 saturated carbocycles. The van der Waals surface area contributed by atoms with Crippen molar-refractivity contribution in [1.82, 2.24) is 0 Å². The number of Topliss-reactive ketones (excluding diaryl/α,β-unsaturated/α-hetero) is 1. The maximum atomic E-state index is 13.2. The normalized spacial score (nSPS) is 10.2. The number of rotatable bonds is 7. The van der Waals surface area contributed by atoms with E-state index in [-0.39, 0.29) is 30.4 Å². The third-order valence-corrected chi connectivity index (χ3v) is 2.98. The fraction of sp³-hybridized carbons (Fsp3) is 0.188. The summed E-state index contributed by atoms with van der Waals surface area (Å²) in [6.07, 6.45) is 0. The van der Waals surface area contributed by atoms with Crippen LogP contribution < -0.4 is 9.47 Å². The van der Waals surface area contributed by atoms with Crippen molar-refractivity contribution in [2.24, 2.45) is 0 Å². The Balaban J connectivity index is 1.98. The third kappa shape index (κ3) is 4.26. The molecule has 0 amide bonds. The lowest BCUT2D eigenvalue weighted by atomic mass is 10.1. The summed E-state index contributed by atoms with van der Waals surface area (Å²) in [5.41, 5.74) is 0.111. The summed E-state index contributed by atoms with van der Waals surface area (Å²) >= 11 is 0. The highest BCUT2D eigenvalue weighted by atomic mass is 19.1. The molecule has 120 valence electrons. The predicted octanol–water partition coefficient (Wildman–Crippen LogP) is 3.39. The van der Waals surface area contributed by atoms with Gasteiger partial charge in [0.1, 0.15) is 24.8 Å². The topological polar surface area (TPSA) is 78.7 Å². The number of halogens is 1. The van der Waals surface area contributed by atoms with Gasteiger partial charge in [0, 0.05) is 12.1 Å². The van der Waals surface area contributed by atoms with Gasteiger partial charge in [0.25, 0.3) is 0 Å². The smallest absolute Gasteiger partial charge is 0.311 e. The number of nitrogens with zero attached hydrogens (tertiary/aromatic N) is 1. The number of benzene rings is 2. The second-order valence-corrected chi connectivity index (χ2v) is 4.62. The lowest BCUT2D eigenvalue weighted by Crippen LogP contribution is -2.11. The van der Waals surface area contributed by atoms with Crippen LogP contribution in [-0.4, -0.2) is 23.9 Å². The van der Waals surface area contributed by atoms with Crippen LogP contribution in [0.5, 0.6) is 11.5 Å². The summed E-state index contributed by atoms with van der Waals surface area (Å²) < 4.78 is 23.8. The van der Waals surface area contributed by atoms with Crippen molar-refractivity contribution in [3.63, 3.8) is 0 Å². The van der Waals surface area contributed by atoms with Crippen LogP contribution in [0.4, 0.5) is 10.1 Å². The zero-order valence-electron chi connectivity index (χ0n) is 12.3. The first kappa shape index (κ1) is 16.4. The predicted molar refractivity (Wildman–Crippen MR) is 80.5 cm³/mol. The van der Waals surface area contributed by atoms with Gasteiger partial charge in [0.15, 0.2) is 11.5 Å². The molecule has 0 fully saturated rings. The third-order valence-electron chi connectivity index (χ3n) is 2.98. The highest BCUT2D eigenvalue weighted by Crippen LogP contribution is 2.27. The monoisotopic (exact) mass is 319 g/mol. The summed E-state index contributed by atoms with van der Waals surface area (Å²) in [5.74, 6) is -0.536. The van der Waals surface area contributed by atoms with Crippen molar-refractivity contribution < 1.29 is 23.6 Å². The van der Waals surface area contributed by atoms with E-state index in [4.69, 9.17) is 9.47 Å². The maximum absolute atomic E-state index is 13.2. The molecule has 2 aromatic rings. The van der Waals surface area contributed by atoms with Gasteiger partial charge in [0.2, 0.25) is 0 Å². The van der Waals surface area contributed by atoms with Crippen LogP contribution in [0.2, 0.25) is 0 Å². The molecule has 0 spiro atoms. The molecule has 0 N–H and O–H groups in total. The van der Waals surface area contributed by atoms with E-state index in [9.17, 15) is 19.3 Å². The van der Waals surface area contributed by atoms with Gasteiger partial charge in [0.05, 0.1) is 10.5 Å². The van der Waals surface area contributed by atoms with Gasteiger partial charge in [-0.15, -0.1) is 0 Å². The number of ether oxygens (including phenoxy) is 2. The minimum atomic E-state index is -0.652. The summed E-state index contributed by atoms with van der Waals surface area (Å²) in [7, 11) is 0. The molecule has 0 atom stereocenters. The Morgan fingerprint density at radius 1 is 1.13 bits per heavy atom. The second kappa shape index (κ2) is 7.35. The standard InChI is InChI=1S/C16H14FNO5/c1-11(19)13-4-2-3-5-15(13)22-8-9-23-16-10-12(17)6-7-14(16)18(20)21/h2-7,10H,8-9H2,1H3. The molecule has 6 nitrogen and oxygen atoms in total. The summed E-state index contributed by atoms with van der Waals surface area (Å²) in [6, 6.07) is 9.69. The van der Waals surface area contributed by atoms with E-state index < -0.39 is 10.7 Å². The fourth-order valence-corrected chi connectivity index (χ4v) is 1.94. The number of ketones is 1. The molecule has 2 rings (SSSR count). The number of hydrogen-bond acceptors (Lipinski definition) is 5. The molecule has 23 heavy (non-hydrogen) atoms. The molecule has 7 heteroatoms. The van der Waals surface area contributed by atoms with Gasteiger partial charge in [-0.3, -0.25) is 14.9 Å². The Morgan fingerprint density at radius 3 is 2.43 bits per heavy atom. The first-order valence-corrected chi connectivity index (χ1v) is 6.78. The highest BCUT2D eigenvalue weighted by molar-refractivity contribution is 5.96. The van der Waals surface area contributed by atoms with Gasteiger partial charge in [-0.1, -0.05) is 12.1 Å². The van der Waals surface area contributed by atoms with E-state index >= 15 is 0 Å². The Morgan fingerprint density at radius 2 is 1.78 bits per heavy atom. The lowest BCUT2D eigenvalue weighted by molar-refractivity contribution is -0.385. The van der Waals surface area contributed by atoms with Crippen LogP contribution >= 0.6 is 0 Å². The Kier molecular flexibility index (Phi) is 5.24.